The van der Waals surface area contributed by atoms with Crippen LogP contribution in [-0.4, -0.2) is 28.2 Å². The molecule has 0 radical (unpaired) electrons. The van der Waals surface area contributed by atoms with Crippen molar-refractivity contribution in [2.24, 2.45) is 0 Å². The van der Waals surface area contributed by atoms with E-state index in [-0.39, 0.29) is 28.8 Å². The summed E-state index contributed by atoms with van der Waals surface area (Å²) in [5.74, 6) is -0.379. The van der Waals surface area contributed by atoms with E-state index in [1.165, 1.54) is 6.08 Å². The fraction of sp³-hybridized carbons (Fsp3) is 0.278. The second-order valence-corrected chi connectivity index (χ2v) is 6.66. The van der Waals surface area contributed by atoms with Crippen LogP contribution in [0.1, 0.15) is 16.8 Å². The smallest absolute Gasteiger partial charge is 0.352 e. The van der Waals surface area contributed by atoms with Gasteiger partial charge in [0.2, 0.25) is 5.91 Å². The molecule has 0 saturated heterocycles. The molecule has 26 heavy (non-hydrogen) atoms. The summed E-state index contributed by atoms with van der Waals surface area (Å²) < 4.78 is 40.5. The molecule has 2 aromatic rings. The van der Waals surface area contributed by atoms with Crippen LogP contribution in [-0.2, 0) is 23.8 Å². The molecule has 0 spiro atoms. The van der Waals surface area contributed by atoms with E-state index in [0.717, 1.165) is 17.3 Å². The van der Waals surface area contributed by atoms with Crippen LogP contribution >= 0.6 is 11.8 Å². The Labute approximate surface area is 152 Å². The first kappa shape index (κ1) is 18.4. The lowest BCUT2D eigenvalue weighted by Gasteiger charge is -2.22. The zero-order valence-corrected chi connectivity index (χ0v) is 14.6. The Morgan fingerprint density at radius 2 is 2.04 bits per heavy atom. The highest BCUT2D eigenvalue weighted by Gasteiger charge is 2.38. The predicted molar refractivity (Wildman–Crippen MR) is 93.8 cm³/mol. The molecule has 0 unspecified atom stereocenters. The van der Waals surface area contributed by atoms with Crippen LogP contribution < -0.4 is 5.32 Å². The average Bonchev–Trinajstić information content (AvgIpc) is 2.63. The minimum absolute atomic E-state index is 0.0541. The third-order valence-electron chi connectivity index (χ3n) is 3.95. The first-order chi connectivity index (χ1) is 12.4. The van der Waals surface area contributed by atoms with E-state index in [1.54, 1.807) is 12.1 Å². The lowest BCUT2D eigenvalue weighted by molar-refractivity contribution is -0.142. The number of fused-ring (bicyclic) bond motifs is 3. The number of nitrogens with zero attached hydrogens (tertiary/aromatic N) is 2. The zero-order valence-electron chi connectivity index (χ0n) is 13.8. The van der Waals surface area contributed by atoms with Crippen molar-refractivity contribution in [3.8, 4) is 11.3 Å². The van der Waals surface area contributed by atoms with Crippen molar-refractivity contribution in [3.05, 3.63) is 53.7 Å². The fourth-order valence-corrected chi connectivity index (χ4v) is 3.49. The molecule has 136 valence electrons. The highest BCUT2D eigenvalue weighted by atomic mass is 32.2. The first-order valence-corrected chi connectivity index (χ1v) is 8.95. The number of thioether (sulfide) groups is 1. The van der Waals surface area contributed by atoms with Gasteiger partial charge < -0.3 is 5.32 Å². The molecular weight excluding hydrogens is 363 g/mol. The summed E-state index contributed by atoms with van der Waals surface area (Å²) in [4.78, 5) is 19.7. The summed E-state index contributed by atoms with van der Waals surface area (Å²) in [5.41, 5.74) is 1.18. The second kappa shape index (κ2) is 7.49. The van der Waals surface area contributed by atoms with Gasteiger partial charge in [-0.25, -0.2) is 9.97 Å². The number of rotatable bonds is 5. The van der Waals surface area contributed by atoms with Gasteiger partial charge in [-0.2, -0.15) is 13.2 Å². The number of alkyl halides is 3. The summed E-state index contributed by atoms with van der Waals surface area (Å²) in [7, 11) is 0. The molecule has 0 fully saturated rings. The maximum Gasteiger partial charge on any atom is 0.433 e. The van der Waals surface area contributed by atoms with Gasteiger partial charge in [0, 0.05) is 17.7 Å². The number of hydrogen-bond donors (Lipinski definition) is 1. The molecule has 0 atom stereocenters. The Morgan fingerprint density at radius 3 is 2.77 bits per heavy atom. The number of carbonyl (C=O) groups excluding carboxylic acids is 1. The number of benzene rings is 1. The van der Waals surface area contributed by atoms with E-state index in [0.29, 0.717) is 24.2 Å². The Kier molecular flexibility index (Phi) is 5.31. The van der Waals surface area contributed by atoms with Gasteiger partial charge in [0.25, 0.3) is 0 Å². The normalized spacial score (nSPS) is 12.9. The van der Waals surface area contributed by atoms with Gasteiger partial charge in [0.15, 0.2) is 10.9 Å². The summed E-state index contributed by atoms with van der Waals surface area (Å²) in [5, 5.41) is 2.52. The van der Waals surface area contributed by atoms with E-state index in [2.05, 4.69) is 21.9 Å². The number of nitrogens with one attached hydrogen (secondary N) is 1. The van der Waals surface area contributed by atoms with Gasteiger partial charge in [0.1, 0.15) is 0 Å². The van der Waals surface area contributed by atoms with Crippen LogP contribution in [0.15, 0.2) is 42.1 Å². The van der Waals surface area contributed by atoms with E-state index in [9.17, 15) is 18.0 Å². The lowest BCUT2D eigenvalue weighted by atomic mass is 9.88. The van der Waals surface area contributed by atoms with Crippen molar-refractivity contribution in [2.75, 3.05) is 12.3 Å². The molecule has 1 N–H and O–H groups in total. The van der Waals surface area contributed by atoms with Gasteiger partial charge in [-0.3, -0.25) is 4.79 Å². The first-order valence-electron chi connectivity index (χ1n) is 7.97. The third-order valence-corrected chi connectivity index (χ3v) is 4.80. The van der Waals surface area contributed by atoms with E-state index >= 15 is 0 Å². The van der Waals surface area contributed by atoms with Crippen LogP contribution in [0, 0.1) is 0 Å². The van der Waals surface area contributed by atoms with Crippen LogP contribution in [0.25, 0.3) is 11.3 Å². The quantitative estimate of drug-likeness (QED) is 0.489. The largest absolute Gasteiger partial charge is 0.433 e. The molecule has 4 nitrogen and oxygen atoms in total. The summed E-state index contributed by atoms with van der Waals surface area (Å²) >= 11 is 0.888. The third kappa shape index (κ3) is 3.90. The van der Waals surface area contributed by atoms with Crippen LogP contribution in [0.5, 0.6) is 0 Å². The van der Waals surface area contributed by atoms with Crippen molar-refractivity contribution in [1.29, 1.82) is 0 Å². The Hall–Kier alpha value is -2.35. The summed E-state index contributed by atoms with van der Waals surface area (Å²) in [6.45, 7) is 3.79. The highest BCUT2D eigenvalue weighted by molar-refractivity contribution is 7.99. The van der Waals surface area contributed by atoms with Gasteiger partial charge in [-0.05, 0) is 18.4 Å². The molecular formula is C18H16F3N3OS. The van der Waals surface area contributed by atoms with E-state index in [1.807, 2.05) is 12.1 Å². The number of amides is 1. The van der Waals surface area contributed by atoms with Crippen molar-refractivity contribution >= 4 is 17.7 Å². The van der Waals surface area contributed by atoms with Crippen LogP contribution in [0.4, 0.5) is 13.2 Å². The van der Waals surface area contributed by atoms with Crippen molar-refractivity contribution in [3.63, 3.8) is 0 Å². The number of halogens is 3. The SMILES string of the molecule is C=CCNC(=O)CSc1nc2c(c(C(F)(F)F)n1)CCc1ccccc1-2. The molecule has 3 rings (SSSR count). The van der Waals surface area contributed by atoms with E-state index in [4.69, 9.17) is 0 Å². The van der Waals surface area contributed by atoms with Crippen molar-refractivity contribution in [2.45, 2.75) is 24.2 Å². The van der Waals surface area contributed by atoms with Crippen LogP contribution in [0.3, 0.4) is 0 Å². The van der Waals surface area contributed by atoms with Gasteiger partial charge in [-0.1, -0.05) is 42.1 Å². The minimum Gasteiger partial charge on any atom is -0.352 e. The van der Waals surface area contributed by atoms with Gasteiger partial charge in [0.05, 0.1) is 11.4 Å². The van der Waals surface area contributed by atoms with E-state index < -0.39 is 11.9 Å². The number of carbonyl (C=O) groups is 1. The summed E-state index contributed by atoms with van der Waals surface area (Å²) in [6.07, 6.45) is -2.28. The molecule has 8 heteroatoms. The second-order valence-electron chi connectivity index (χ2n) is 5.72. The molecule has 1 aliphatic rings. The average molecular weight is 379 g/mol. The maximum absolute atomic E-state index is 13.5. The number of aryl methyl sites for hydroxylation is 1. The molecule has 1 aromatic carbocycles. The van der Waals surface area contributed by atoms with Crippen molar-refractivity contribution < 1.29 is 18.0 Å². The maximum atomic E-state index is 13.5. The number of aromatic nitrogens is 2. The molecule has 0 bridgehead atoms. The molecule has 1 aromatic heterocycles. The van der Waals surface area contributed by atoms with Crippen LogP contribution in [0.2, 0.25) is 0 Å². The van der Waals surface area contributed by atoms with Gasteiger partial charge in [-0.15, -0.1) is 6.58 Å². The highest BCUT2D eigenvalue weighted by Crippen LogP contribution is 2.40. The molecule has 1 heterocycles. The Balaban J connectivity index is 1.98. The monoisotopic (exact) mass is 379 g/mol. The minimum atomic E-state index is -4.57. The molecule has 1 aliphatic carbocycles. The van der Waals surface area contributed by atoms with Crippen molar-refractivity contribution in [1.82, 2.24) is 15.3 Å². The number of hydrogen-bond acceptors (Lipinski definition) is 4. The molecule has 0 aliphatic heterocycles. The fourth-order valence-electron chi connectivity index (χ4n) is 2.82. The Bertz CT molecular complexity index is 852. The Morgan fingerprint density at radius 1 is 1.27 bits per heavy atom. The standard InChI is InChI=1S/C18H16F3N3OS/c1-2-9-22-14(25)10-26-17-23-15-12-6-4-3-5-11(12)7-8-13(15)16(24-17)18(19,20)21/h2-6H,1,7-10H2,(H,22,25). The molecule has 0 saturated carbocycles. The topological polar surface area (TPSA) is 54.9 Å². The summed E-state index contributed by atoms with van der Waals surface area (Å²) in [6, 6.07) is 7.29. The predicted octanol–water partition coefficient (Wildman–Crippen LogP) is 3.66. The zero-order chi connectivity index (χ0) is 18.7. The lowest BCUT2D eigenvalue weighted by Crippen LogP contribution is -2.25. The van der Waals surface area contributed by atoms with Gasteiger partial charge >= 0.3 is 6.18 Å². The molecule has 1 amide bonds.